The molecular weight excluding hydrogens is 368 g/mol. The van der Waals surface area contributed by atoms with Gasteiger partial charge in [-0.3, -0.25) is 4.79 Å². The van der Waals surface area contributed by atoms with Crippen molar-refractivity contribution in [2.24, 2.45) is 0 Å². The molecule has 4 nitrogen and oxygen atoms in total. The van der Waals surface area contributed by atoms with Gasteiger partial charge in [-0.2, -0.15) is 0 Å². The summed E-state index contributed by atoms with van der Waals surface area (Å²) < 4.78 is 6.47. The quantitative estimate of drug-likeness (QED) is 0.859. The van der Waals surface area contributed by atoms with E-state index in [0.717, 1.165) is 30.4 Å². The molecule has 1 aromatic carbocycles. The van der Waals surface area contributed by atoms with Crippen molar-refractivity contribution < 1.29 is 9.53 Å². The van der Waals surface area contributed by atoms with Gasteiger partial charge in [0.15, 0.2) is 0 Å². The molecule has 1 amide bonds. The molecule has 0 radical (unpaired) electrons. The van der Waals surface area contributed by atoms with Crippen LogP contribution in [0, 0.1) is 0 Å². The third-order valence-corrected chi connectivity index (χ3v) is 4.97. The van der Waals surface area contributed by atoms with Gasteiger partial charge in [-0.25, -0.2) is 0 Å². The second-order valence-corrected chi connectivity index (χ2v) is 6.98. The van der Waals surface area contributed by atoms with Crippen molar-refractivity contribution in [3.05, 3.63) is 34.3 Å². The number of hydrogen-bond acceptors (Lipinski definition) is 3. The Kier molecular flexibility index (Phi) is 5.88. The fourth-order valence-corrected chi connectivity index (χ4v) is 3.28. The van der Waals surface area contributed by atoms with Crippen LogP contribution in [0.25, 0.3) is 0 Å². The number of nitrogens with one attached hydrogen (secondary N) is 1. The Balaban J connectivity index is 0.00000176. The number of carbonyl (C=O) groups excluding carboxylic acids is 1. The molecule has 122 valence electrons. The second kappa shape index (κ2) is 7.30. The summed E-state index contributed by atoms with van der Waals surface area (Å²) in [4.78, 5) is 14.3. The Bertz CT molecular complexity index is 513. The van der Waals surface area contributed by atoms with E-state index in [0.29, 0.717) is 13.2 Å². The molecule has 2 fully saturated rings. The summed E-state index contributed by atoms with van der Waals surface area (Å²) in [7, 11) is 1.90. The van der Waals surface area contributed by atoms with Crippen LogP contribution in [0.15, 0.2) is 28.7 Å². The third-order valence-electron chi connectivity index (χ3n) is 4.45. The number of hydrogen-bond donors (Lipinski definition) is 1. The zero-order valence-electron chi connectivity index (χ0n) is 12.7. The smallest absolute Gasteiger partial charge is 0.241 e. The lowest BCUT2D eigenvalue weighted by Crippen LogP contribution is -2.52. The first-order chi connectivity index (χ1) is 10.1. The summed E-state index contributed by atoms with van der Waals surface area (Å²) in [6, 6.07) is 8.29. The normalized spacial score (nSPS) is 22.5. The van der Waals surface area contributed by atoms with E-state index >= 15 is 0 Å². The molecule has 3 rings (SSSR count). The van der Waals surface area contributed by atoms with E-state index in [1.165, 1.54) is 5.56 Å². The predicted molar refractivity (Wildman–Crippen MR) is 92.5 cm³/mol. The molecule has 1 aliphatic heterocycles. The number of halogens is 2. The minimum Gasteiger partial charge on any atom is -0.378 e. The molecule has 0 bridgehead atoms. The molecule has 1 aliphatic carbocycles. The van der Waals surface area contributed by atoms with E-state index in [1.807, 2.05) is 11.9 Å². The van der Waals surface area contributed by atoms with Gasteiger partial charge in [0.05, 0.1) is 13.2 Å². The maximum absolute atomic E-state index is 12.5. The topological polar surface area (TPSA) is 41.6 Å². The first-order valence-corrected chi connectivity index (χ1v) is 8.22. The van der Waals surface area contributed by atoms with E-state index < -0.39 is 0 Å². The van der Waals surface area contributed by atoms with E-state index in [1.54, 1.807) is 0 Å². The van der Waals surface area contributed by atoms with Crippen LogP contribution in [-0.4, -0.2) is 50.2 Å². The fraction of sp³-hybridized carbons (Fsp3) is 0.562. The van der Waals surface area contributed by atoms with Crippen molar-refractivity contribution >= 4 is 34.2 Å². The van der Waals surface area contributed by atoms with Crippen LogP contribution < -0.4 is 5.32 Å². The van der Waals surface area contributed by atoms with E-state index in [4.69, 9.17) is 4.74 Å². The third kappa shape index (κ3) is 3.82. The summed E-state index contributed by atoms with van der Waals surface area (Å²) in [6.07, 6.45) is 2.31. The summed E-state index contributed by atoms with van der Waals surface area (Å²) in [6.45, 7) is 2.71. The second-order valence-electron chi connectivity index (χ2n) is 6.06. The first kappa shape index (κ1) is 17.7. The van der Waals surface area contributed by atoms with Gasteiger partial charge in [0, 0.05) is 30.0 Å². The van der Waals surface area contributed by atoms with Crippen LogP contribution in [0.2, 0.25) is 0 Å². The standard InChI is InChI=1S/C16H21BrN2O2.ClH/c1-19(15(20)14-10-21-9-8-18-14)11-16(6-7-16)12-2-4-13(17)5-3-12;/h2-5,14,18H,6-11H2,1H3;1H. The van der Waals surface area contributed by atoms with Gasteiger partial charge in [-0.1, -0.05) is 28.1 Å². The molecule has 1 unspecified atom stereocenters. The average molecular weight is 390 g/mol. The van der Waals surface area contributed by atoms with Gasteiger partial charge in [-0.15, -0.1) is 12.4 Å². The van der Waals surface area contributed by atoms with Crippen molar-refractivity contribution in [2.75, 3.05) is 33.4 Å². The molecule has 1 atom stereocenters. The van der Waals surface area contributed by atoms with Gasteiger partial charge in [0.25, 0.3) is 0 Å². The number of nitrogens with zero attached hydrogens (tertiary/aromatic N) is 1. The highest BCUT2D eigenvalue weighted by molar-refractivity contribution is 9.10. The molecule has 1 aromatic rings. The number of amides is 1. The molecular formula is C16H22BrClN2O2. The number of benzene rings is 1. The minimum atomic E-state index is -0.190. The van der Waals surface area contributed by atoms with E-state index in [9.17, 15) is 4.79 Å². The molecule has 2 aliphatic rings. The Labute approximate surface area is 146 Å². The average Bonchev–Trinajstić information content (AvgIpc) is 3.28. The summed E-state index contributed by atoms with van der Waals surface area (Å²) in [5, 5.41) is 3.23. The first-order valence-electron chi connectivity index (χ1n) is 7.43. The van der Waals surface area contributed by atoms with Crippen molar-refractivity contribution in [3.63, 3.8) is 0 Å². The highest BCUT2D eigenvalue weighted by Crippen LogP contribution is 2.48. The predicted octanol–water partition coefficient (Wildman–Crippen LogP) is 2.35. The summed E-state index contributed by atoms with van der Waals surface area (Å²) in [5.74, 6) is 0.137. The summed E-state index contributed by atoms with van der Waals surface area (Å²) in [5.41, 5.74) is 1.49. The van der Waals surface area contributed by atoms with Crippen LogP contribution in [0.4, 0.5) is 0 Å². The van der Waals surface area contributed by atoms with Gasteiger partial charge < -0.3 is 15.0 Å². The number of ether oxygens (including phenoxy) is 1. The highest BCUT2D eigenvalue weighted by Gasteiger charge is 2.46. The Morgan fingerprint density at radius 3 is 2.64 bits per heavy atom. The molecule has 6 heteroatoms. The van der Waals surface area contributed by atoms with Crippen LogP contribution in [-0.2, 0) is 14.9 Å². The number of rotatable bonds is 4. The van der Waals surface area contributed by atoms with Crippen molar-refractivity contribution in [3.8, 4) is 0 Å². The van der Waals surface area contributed by atoms with Crippen LogP contribution in [0.3, 0.4) is 0 Å². The molecule has 0 spiro atoms. The molecule has 0 aromatic heterocycles. The SMILES string of the molecule is CN(CC1(c2ccc(Br)cc2)CC1)C(=O)C1COCCN1.Cl. The maximum Gasteiger partial charge on any atom is 0.241 e. The minimum absolute atomic E-state index is 0. The lowest BCUT2D eigenvalue weighted by Gasteiger charge is -2.30. The Morgan fingerprint density at radius 2 is 2.09 bits per heavy atom. The van der Waals surface area contributed by atoms with Crippen molar-refractivity contribution in [1.82, 2.24) is 10.2 Å². The van der Waals surface area contributed by atoms with Crippen LogP contribution in [0.5, 0.6) is 0 Å². The van der Waals surface area contributed by atoms with Gasteiger partial charge in [0.2, 0.25) is 5.91 Å². The lowest BCUT2D eigenvalue weighted by molar-refractivity contribution is -0.135. The Morgan fingerprint density at radius 1 is 1.41 bits per heavy atom. The number of carbonyl (C=O) groups is 1. The van der Waals surface area contributed by atoms with Crippen LogP contribution in [0.1, 0.15) is 18.4 Å². The number of morpholine rings is 1. The summed E-state index contributed by atoms with van der Waals surface area (Å²) >= 11 is 3.47. The maximum atomic E-state index is 12.5. The Hall–Kier alpha value is -0.620. The van der Waals surface area contributed by atoms with Crippen molar-refractivity contribution in [2.45, 2.75) is 24.3 Å². The molecule has 1 saturated heterocycles. The molecule has 1 N–H and O–H groups in total. The zero-order chi connectivity index (χ0) is 14.9. The van der Waals surface area contributed by atoms with Crippen LogP contribution >= 0.6 is 28.3 Å². The highest BCUT2D eigenvalue weighted by atomic mass is 79.9. The number of likely N-dealkylation sites (N-methyl/N-ethyl adjacent to an activating group) is 1. The van der Waals surface area contributed by atoms with E-state index in [-0.39, 0.29) is 29.8 Å². The molecule has 22 heavy (non-hydrogen) atoms. The van der Waals surface area contributed by atoms with Crippen molar-refractivity contribution in [1.29, 1.82) is 0 Å². The lowest BCUT2D eigenvalue weighted by atomic mass is 9.95. The van der Waals surface area contributed by atoms with Gasteiger partial charge >= 0.3 is 0 Å². The fourth-order valence-electron chi connectivity index (χ4n) is 3.01. The monoisotopic (exact) mass is 388 g/mol. The molecule has 1 heterocycles. The van der Waals surface area contributed by atoms with E-state index in [2.05, 4.69) is 45.5 Å². The van der Waals surface area contributed by atoms with Gasteiger partial charge in [-0.05, 0) is 30.5 Å². The largest absolute Gasteiger partial charge is 0.378 e. The van der Waals surface area contributed by atoms with Gasteiger partial charge in [0.1, 0.15) is 6.04 Å². The zero-order valence-corrected chi connectivity index (χ0v) is 15.1. The molecule has 1 saturated carbocycles.